The van der Waals surface area contributed by atoms with Gasteiger partial charge in [0.2, 0.25) is 11.8 Å². The molecule has 0 spiro atoms. The Morgan fingerprint density at radius 3 is 2.36 bits per heavy atom. The lowest BCUT2D eigenvalue weighted by molar-refractivity contribution is -0.132. The Balaban J connectivity index is 1.87. The van der Waals surface area contributed by atoms with Crippen LogP contribution in [0.3, 0.4) is 0 Å². The van der Waals surface area contributed by atoms with Gasteiger partial charge in [0, 0.05) is 12.5 Å². The fourth-order valence-corrected chi connectivity index (χ4v) is 3.65. The van der Waals surface area contributed by atoms with Crippen LogP contribution < -0.4 is 20.1 Å². The molecule has 0 aliphatic heterocycles. The van der Waals surface area contributed by atoms with E-state index in [2.05, 4.69) is 10.6 Å². The van der Waals surface area contributed by atoms with Crippen molar-refractivity contribution in [3.63, 3.8) is 0 Å². The van der Waals surface area contributed by atoms with E-state index in [-0.39, 0.29) is 23.7 Å². The van der Waals surface area contributed by atoms with Crippen LogP contribution >= 0.6 is 0 Å². The molecule has 2 N–H and O–H groups in total. The molecule has 6 heteroatoms. The van der Waals surface area contributed by atoms with Gasteiger partial charge in [-0.15, -0.1) is 0 Å². The van der Waals surface area contributed by atoms with Crippen molar-refractivity contribution in [3.8, 4) is 11.5 Å². The summed E-state index contributed by atoms with van der Waals surface area (Å²) in [4.78, 5) is 25.2. The van der Waals surface area contributed by atoms with E-state index in [1.54, 1.807) is 14.2 Å². The third kappa shape index (κ3) is 6.14. The largest absolute Gasteiger partial charge is 0.493 e. The highest BCUT2D eigenvalue weighted by Gasteiger charge is 2.28. The molecule has 1 aliphatic carbocycles. The van der Waals surface area contributed by atoms with Crippen LogP contribution in [0.25, 0.3) is 0 Å². The molecule has 1 atom stereocenters. The molecule has 1 aromatic rings. The standard InChI is InChI=1S/C22H34N2O4/c1-15(2)20(24-21(25)17-8-6-5-7-9-17)22(26)23-13-12-16-10-11-18(27-3)19(14-16)28-4/h10-11,14-15,17,20H,5-9,12-13H2,1-4H3,(H,23,26)(H,24,25). The number of methoxy groups -OCH3 is 2. The quantitative estimate of drug-likeness (QED) is 0.679. The highest BCUT2D eigenvalue weighted by atomic mass is 16.5. The molecule has 1 aliphatic rings. The van der Waals surface area contributed by atoms with Gasteiger partial charge in [0.1, 0.15) is 6.04 Å². The summed E-state index contributed by atoms with van der Waals surface area (Å²) in [6.45, 7) is 4.41. The van der Waals surface area contributed by atoms with Crippen LogP contribution in [0.1, 0.15) is 51.5 Å². The molecule has 156 valence electrons. The zero-order chi connectivity index (χ0) is 20.5. The number of carbonyl (C=O) groups excluding carboxylic acids is 2. The second-order valence-electron chi connectivity index (χ2n) is 7.80. The van der Waals surface area contributed by atoms with Crippen molar-refractivity contribution in [1.29, 1.82) is 0 Å². The Labute approximate surface area is 168 Å². The molecular weight excluding hydrogens is 356 g/mol. The van der Waals surface area contributed by atoms with Crippen molar-refractivity contribution in [3.05, 3.63) is 23.8 Å². The minimum Gasteiger partial charge on any atom is -0.493 e. The molecule has 2 rings (SSSR count). The van der Waals surface area contributed by atoms with Crippen LogP contribution in [-0.2, 0) is 16.0 Å². The lowest BCUT2D eigenvalue weighted by Crippen LogP contribution is -2.51. The van der Waals surface area contributed by atoms with Gasteiger partial charge in [-0.3, -0.25) is 9.59 Å². The molecule has 0 aromatic heterocycles. The third-order valence-corrected chi connectivity index (χ3v) is 5.38. The molecule has 28 heavy (non-hydrogen) atoms. The molecule has 0 radical (unpaired) electrons. The monoisotopic (exact) mass is 390 g/mol. The molecule has 1 saturated carbocycles. The maximum atomic E-state index is 12.6. The molecule has 6 nitrogen and oxygen atoms in total. The number of benzene rings is 1. The number of hydrogen-bond acceptors (Lipinski definition) is 4. The highest BCUT2D eigenvalue weighted by Crippen LogP contribution is 2.27. The predicted octanol–water partition coefficient (Wildman–Crippen LogP) is 3.08. The first kappa shape index (κ1) is 22.1. The van der Waals surface area contributed by atoms with E-state index >= 15 is 0 Å². The highest BCUT2D eigenvalue weighted by molar-refractivity contribution is 5.88. The van der Waals surface area contributed by atoms with Crippen LogP contribution in [-0.4, -0.2) is 38.6 Å². The average molecular weight is 391 g/mol. The van der Waals surface area contributed by atoms with E-state index in [0.717, 1.165) is 31.2 Å². The Morgan fingerprint density at radius 1 is 1.07 bits per heavy atom. The van der Waals surface area contributed by atoms with Crippen molar-refractivity contribution in [1.82, 2.24) is 10.6 Å². The Hall–Kier alpha value is -2.24. The summed E-state index contributed by atoms with van der Waals surface area (Å²) in [5.41, 5.74) is 1.05. The Morgan fingerprint density at radius 2 is 1.75 bits per heavy atom. The van der Waals surface area contributed by atoms with E-state index in [9.17, 15) is 9.59 Å². The van der Waals surface area contributed by atoms with Gasteiger partial charge < -0.3 is 20.1 Å². The zero-order valence-corrected chi connectivity index (χ0v) is 17.5. The van der Waals surface area contributed by atoms with Crippen molar-refractivity contribution in [2.45, 2.75) is 58.4 Å². The van der Waals surface area contributed by atoms with Gasteiger partial charge in [0.15, 0.2) is 11.5 Å². The molecule has 0 heterocycles. The second-order valence-corrected chi connectivity index (χ2v) is 7.80. The Kier molecular flexibility index (Phi) is 8.61. The molecule has 0 saturated heterocycles. The first-order valence-electron chi connectivity index (χ1n) is 10.2. The molecule has 1 aromatic carbocycles. The summed E-state index contributed by atoms with van der Waals surface area (Å²) >= 11 is 0. The number of carbonyl (C=O) groups is 2. The number of amides is 2. The van der Waals surface area contributed by atoms with Crippen molar-refractivity contribution in [2.24, 2.45) is 11.8 Å². The van der Waals surface area contributed by atoms with Crippen LogP contribution in [0.5, 0.6) is 11.5 Å². The van der Waals surface area contributed by atoms with E-state index in [4.69, 9.17) is 9.47 Å². The minimum atomic E-state index is -0.500. The van der Waals surface area contributed by atoms with Gasteiger partial charge in [-0.1, -0.05) is 39.2 Å². The SMILES string of the molecule is COc1ccc(CCNC(=O)C(NC(=O)C2CCCCC2)C(C)C)cc1OC. The molecule has 1 fully saturated rings. The summed E-state index contributed by atoms with van der Waals surface area (Å²) in [5.74, 6) is 1.34. The van der Waals surface area contributed by atoms with Gasteiger partial charge in [-0.2, -0.15) is 0 Å². The lowest BCUT2D eigenvalue weighted by atomic mass is 9.88. The molecular formula is C22H34N2O4. The summed E-state index contributed by atoms with van der Waals surface area (Å²) in [6.07, 6.45) is 5.93. The van der Waals surface area contributed by atoms with E-state index < -0.39 is 6.04 Å². The maximum absolute atomic E-state index is 12.6. The zero-order valence-electron chi connectivity index (χ0n) is 17.5. The first-order valence-corrected chi connectivity index (χ1v) is 10.2. The molecule has 1 unspecified atom stereocenters. The maximum Gasteiger partial charge on any atom is 0.242 e. The lowest BCUT2D eigenvalue weighted by Gasteiger charge is -2.26. The fourth-order valence-electron chi connectivity index (χ4n) is 3.65. The number of hydrogen-bond donors (Lipinski definition) is 2. The van der Waals surface area contributed by atoms with Gasteiger partial charge in [-0.25, -0.2) is 0 Å². The van der Waals surface area contributed by atoms with Crippen molar-refractivity contribution in [2.75, 3.05) is 20.8 Å². The van der Waals surface area contributed by atoms with Crippen LogP contribution in [0.2, 0.25) is 0 Å². The normalized spacial score (nSPS) is 15.8. The summed E-state index contributed by atoms with van der Waals surface area (Å²) in [7, 11) is 3.21. The molecule has 0 bridgehead atoms. The van der Waals surface area contributed by atoms with Gasteiger partial charge >= 0.3 is 0 Å². The van der Waals surface area contributed by atoms with E-state index in [1.807, 2.05) is 32.0 Å². The number of ether oxygens (including phenoxy) is 2. The minimum absolute atomic E-state index is 0.0217. The summed E-state index contributed by atoms with van der Waals surface area (Å²) in [6, 6.07) is 5.23. The van der Waals surface area contributed by atoms with Crippen LogP contribution in [0.15, 0.2) is 18.2 Å². The van der Waals surface area contributed by atoms with Crippen LogP contribution in [0.4, 0.5) is 0 Å². The van der Waals surface area contributed by atoms with Gasteiger partial charge in [0.05, 0.1) is 14.2 Å². The second kappa shape index (κ2) is 10.9. The van der Waals surface area contributed by atoms with E-state index in [1.165, 1.54) is 6.42 Å². The number of rotatable bonds is 9. The number of nitrogens with one attached hydrogen (secondary N) is 2. The topological polar surface area (TPSA) is 76.7 Å². The summed E-state index contributed by atoms with van der Waals surface area (Å²) < 4.78 is 10.6. The predicted molar refractivity (Wildman–Crippen MR) is 110 cm³/mol. The fraction of sp³-hybridized carbons (Fsp3) is 0.636. The van der Waals surface area contributed by atoms with Crippen molar-refractivity contribution >= 4 is 11.8 Å². The van der Waals surface area contributed by atoms with Gasteiger partial charge in [-0.05, 0) is 42.9 Å². The molecule has 2 amide bonds. The summed E-state index contributed by atoms with van der Waals surface area (Å²) in [5, 5.41) is 5.94. The smallest absolute Gasteiger partial charge is 0.242 e. The average Bonchev–Trinajstić information content (AvgIpc) is 2.71. The first-order chi connectivity index (χ1) is 13.5. The van der Waals surface area contributed by atoms with E-state index in [0.29, 0.717) is 24.5 Å². The third-order valence-electron chi connectivity index (χ3n) is 5.38. The van der Waals surface area contributed by atoms with Gasteiger partial charge in [0.25, 0.3) is 0 Å². The Bertz CT molecular complexity index is 654. The van der Waals surface area contributed by atoms with Crippen LogP contribution in [0, 0.1) is 11.8 Å². The van der Waals surface area contributed by atoms with Crippen molar-refractivity contribution < 1.29 is 19.1 Å².